The molecule has 1 atom stereocenters. The Morgan fingerprint density at radius 2 is 2.17 bits per heavy atom. The van der Waals surface area contributed by atoms with Crippen molar-refractivity contribution < 1.29 is 9.53 Å². The molecule has 2 fully saturated rings. The molecule has 0 radical (unpaired) electrons. The highest BCUT2D eigenvalue weighted by atomic mass is 35.5. The van der Waals surface area contributed by atoms with Crippen molar-refractivity contribution >= 4 is 28.8 Å². The Morgan fingerprint density at radius 1 is 1.35 bits per heavy atom. The standard InChI is InChI=1S/C16H24ClN3O2S/c17-15-4-3-14(23-15)12-19-5-7-20(8-6-19)16(21)11-18-10-13-2-1-9-22-13/h3-4,13,18H,1-2,5-12H2. The molecule has 0 spiro atoms. The molecule has 3 heterocycles. The van der Waals surface area contributed by atoms with Crippen molar-refractivity contribution in [1.29, 1.82) is 0 Å². The summed E-state index contributed by atoms with van der Waals surface area (Å²) >= 11 is 7.60. The van der Waals surface area contributed by atoms with E-state index >= 15 is 0 Å². The molecule has 0 bridgehead atoms. The molecule has 1 unspecified atom stereocenters. The number of piperazine rings is 1. The summed E-state index contributed by atoms with van der Waals surface area (Å²) in [6.07, 6.45) is 2.53. The molecule has 7 heteroatoms. The first-order chi connectivity index (χ1) is 11.2. The van der Waals surface area contributed by atoms with Gasteiger partial charge in [0.2, 0.25) is 5.91 Å². The van der Waals surface area contributed by atoms with Crippen LogP contribution in [-0.2, 0) is 16.1 Å². The third-order valence-corrected chi connectivity index (χ3v) is 5.62. The zero-order valence-corrected chi connectivity index (χ0v) is 14.9. The van der Waals surface area contributed by atoms with Crippen molar-refractivity contribution in [3.05, 3.63) is 21.3 Å². The normalized spacial score (nSPS) is 22.7. The van der Waals surface area contributed by atoms with Gasteiger partial charge in [-0.1, -0.05) is 11.6 Å². The maximum Gasteiger partial charge on any atom is 0.236 e. The smallest absolute Gasteiger partial charge is 0.236 e. The van der Waals surface area contributed by atoms with Gasteiger partial charge in [0.15, 0.2) is 0 Å². The predicted molar refractivity (Wildman–Crippen MR) is 93.0 cm³/mol. The highest BCUT2D eigenvalue weighted by molar-refractivity contribution is 7.16. The average Bonchev–Trinajstić information content (AvgIpc) is 3.20. The second-order valence-electron chi connectivity index (χ2n) is 6.13. The quantitative estimate of drug-likeness (QED) is 0.843. The van der Waals surface area contributed by atoms with E-state index in [0.29, 0.717) is 6.54 Å². The lowest BCUT2D eigenvalue weighted by Crippen LogP contribution is -2.50. The van der Waals surface area contributed by atoms with Gasteiger partial charge < -0.3 is 15.0 Å². The zero-order chi connectivity index (χ0) is 16.1. The molecule has 3 rings (SSSR count). The number of carbonyl (C=O) groups is 1. The minimum absolute atomic E-state index is 0.196. The number of nitrogens with one attached hydrogen (secondary N) is 1. The van der Waals surface area contributed by atoms with Gasteiger partial charge in [-0.15, -0.1) is 11.3 Å². The molecule has 2 aliphatic rings. The topological polar surface area (TPSA) is 44.8 Å². The molecular weight excluding hydrogens is 334 g/mol. The molecule has 23 heavy (non-hydrogen) atoms. The summed E-state index contributed by atoms with van der Waals surface area (Å²) in [5.41, 5.74) is 0. The third-order valence-electron chi connectivity index (χ3n) is 4.41. The fraction of sp³-hybridized carbons (Fsp3) is 0.688. The van der Waals surface area contributed by atoms with Gasteiger partial charge in [-0.25, -0.2) is 0 Å². The minimum Gasteiger partial charge on any atom is -0.377 e. The maximum atomic E-state index is 12.2. The first-order valence-electron chi connectivity index (χ1n) is 8.27. The number of thiophene rings is 1. The van der Waals surface area contributed by atoms with Gasteiger partial charge in [0.25, 0.3) is 0 Å². The Balaban J connectivity index is 1.33. The molecule has 1 aromatic rings. The largest absolute Gasteiger partial charge is 0.377 e. The van der Waals surface area contributed by atoms with Crippen LogP contribution in [0.25, 0.3) is 0 Å². The molecule has 2 saturated heterocycles. The highest BCUT2D eigenvalue weighted by Crippen LogP contribution is 2.23. The molecule has 0 saturated carbocycles. The SMILES string of the molecule is O=C(CNCC1CCCO1)N1CCN(Cc2ccc(Cl)s2)CC1. The van der Waals surface area contributed by atoms with E-state index in [9.17, 15) is 4.79 Å². The van der Waals surface area contributed by atoms with Crippen molar-refractivity contribution in [3.63, 3.8) is 0 Å². The van der Waals surface area contributed by atoms with E-state index in [2.05, 4.69) is 16.3 Å². The highest BCUT2D eigenvalue weighted by Gasteiger charge is 2.22. The van der Waals surface area contributed by atoms with Crippen molar-refractivity contribution in [2.24, 2.45) is 0 Å². The van der Waals surface area contributed by atoms with E-state index in [1.54, 1.807) is 11.3 Å². The molecule has 0 aliphatic carbocycles. The fourth-order valence-electron chi connectivity index (χ4n) is 3.07. The lowest BCUT2D eigenvalue weighted by atomic mass is 10.2. The summed E-state index contributed by atoms with van der Waals surface area (Å²) in [7, 11) is 0. The number of rotatable bonds is 6. The minimum atomic E-state index is 0.196. The summed E-state index contributed by atoms with van der Waals surface area (Å²) in [5, 5.41) is 3.24. The number of nitrogens with zero attached hydrogens (tertiary/aromatic N) is 2. The number of hydrogen-bond acceptors (Lipinski definition) is 5. The summed E-state index contributed by atoms with van der Waals surface area (Å²) in [5.74, 6) is 0.196. The molecule has 0 aromatic carbocycles. The van der Waals surface area contributed by atoms with Gasteiger partial charge in [-0.2, -0.15) is 0 Å². The van der Waals surface area contributed by atoms with Crippen LogP contribution in [0.3, 0.4) is 0 Å². The lowest BCUT2D eigenvalue weighted by Gasteiger charge is -2.34. The van der Waals surface area contributed by atoms with Crippen LogP contribution in [0.2, 0.25) is 4.34 Å². The Morgan fingerprint density at radius 3 is 2.83 bits per heavy atom. The van der Waals surface area contributed by atoms with Gasteiger partial charge in [0.1, 0.15) is 0 Å². The summed E-state index contributed by atoms with van der Waals surface area (Å²) in [6, 6.07) is 4.03. The van der Waals surface area contributed by atoms with Crippen LogP contribution in [0, 0.1) is 0 Å². The number of amides is 1. The summed E-state index contributed by atoms with van der Waals surface area (Å²) < 4.78 is 6.39. The van der Waals surface area contributed by atoms with Crippen molar-refractivity contribution in [2.75, 3.05) is 45.9 Å². The average molecular weight is 358 g/mol. The third kappa shape index (κ3) is 5.16. The predicted octanol–water partition coefficient (Wildman–Crippen LogP) is 1.81. The van der Waals surface area contributed by atoms with Crippen molar-refractivity contribution in [1.82, 2.24) is 15.1 Å². The van der Waals surface area contributed by atoms with Crippen LogP contribution >= 0.6 is 22.9 Å². The van der Waals surface area contributed by atoms with Crippen molar-refractivity contribution in [3.8, 4) is 0 Å². The van der Waals surface area contributed by atoms with E-state index in [1.807, 2.05) is 11.0 Å². The molecule has 5 nitrogen and oxygen atoms in total. The molecule has 2 aliphatic heterocycles. The number of ether oxygens (including phenoxy) is 1. The van der Waals surface area contributed by atoms with Crippen LogP contribution < -0.4 is 5.32 Å². The van der Waals surface area contributed by atoms with Crippen LogP contribution in [0.5, 0.6) is 0 Å². The monoisotopic (exact) mass is 357 g/mol. The number of halogens is 1. The second-order valence-corrected chi connectivity index (χ2v) is 7.93. The Labute approximate surface area is 146 Å². The van der Waals surface area contributed by atoms with E-state index < -0.39 is 0 Å². The molecular formula is C16H24ClN3O2S. The maximum absolute atomic E-state index is 12.2. The number of hydrogen-bond donors (Lipinski definition) is 1. The summed E-state index contributed by atoms with van der Waals surface area (Å²) in [6.45, 7) is 6.44. The van der Waals surface area contributed by atoms with Crippen molar-refractivity contribution in [2.45, 2.75) is 25.5 Å². The molecule has 1 N–H and O–H groups in total. The van der Waals surface area contributed by atoms with Crippen LogP contribution in [0.1, 0.15) is 17.7 Å². The van der Waals surface area contributed by atoms with E-state index in [1.165, 1.54) is 4.88 Å². The van der Waals surface area contributed by atoms with Crippen LogP contribution in [0.15, 0.2) is 12.1 Å². The molecule has 128 valence electrons. The fourth-order valence-corrected chi connectivity index (χ4v) is 4.20. The molecule has 1 amide bonds. The number of carbonyl (C=O) groups excluding carboxylic acids is 1. The van der Waals surface area contributed by atoms with Gasteiger partial charge in [-0.05, 0) is 25.0 Å². The summed E-state index contributed by atoms with van der Waals surface area (Å²) in [4.78, 5) is 17.9. The molecule has 1 aromatic heterocycles. The van der Waals surface area contributed by atoms with E-state index in [4.69, 9.17) is 16.3 Å². The first kappa shape index (κ1) is 17.2. The lowest BCUT2D eigenvalue weighted by molar-refractivity contribution is -0.132. The van der Waals surface area contributed by atoms with Gasteiger partial charge in [0.05, 0.1) is 17.0 Å². The van der Waals surface area contributed by atoms with Gasteiger partial charge in [0, 0.05) is 50.8 Å². The Bertz CT molecular complexity index is 511. The Kier molecular flexibility index (Phi) is 6.30. The second kappa shape index (κ2) is 8.44. The van der Waals surface area contributed by atoms with E-state index in [0.717, 1.165) is 63.1 Å². The van der Waals surface area contributed by atoms with Crippen LogP contribution in [0.4, 0.5) is 0 Å². The Hall–Kier alpha value is -0.660. The zero-order valence-electron chi connectivity index (χ0n) is 13.3. The van der Waals surface area contributed by atoms with Crippen LogP contribution in [-0.4, -0.2) is 67.7 Å². The van der Waals surface area contributed by atoms with Gasteiger partial charge >= 0.3 is 0 Å². The van der Waals surface area contributed by atoms with Gasteiger partial charge in [-0.3, -0.25) is 9.69 Å². The van der Waals surface area contributed by atoms with E-state index in [-0.39, 0.29) is 12.0 Å². The first-order valence-corrected chi connectivity index (χ1v) is 9.47.